The van der Waals surface area contributed by atoms with Crippen molar-refractivity contribution in [2.45, 2.75) is 33.1 Å². The van der Waals surface area contributed by atoms with Gasteiger partial charge in [0.05, 0.1) is 5.56 Å². The van der Waals surface area contributed by atoms with Crippen LogP contribution in [0, 0.1) is 11.2 Å². The number of halogens is 1. The third-order valence-electron chi connectivity index (χ3n) is 3.89. The molecule has 1 fully saturated rings. The minimum atomic E-state index is -1.22. The zero-order valence-electron chi connectivity index (χ0n) is 11.4. The predicted molar refractivity (Wildman–Crippen MR) is 73.2 cm³/mol. The second-order valence-electron chi connectivity index (χ2n) is 5.97. The van der Waals surface area contributed by atoms with E-state index in [0.29, 0.717) is 5.41 Å². The van der Waals surface area contributed by atoms with E-state index in [9.17, 15) is 9.18 Å². The van der Waals surface area contributed by atoms with E-state index in [-0.39, 0.29) is 5.56 Å². The third kappa shape index (κ3) is 3.25. The van der Waals surface area contributed by atoms with E-state index >= 15 is 0 Å². The summed E-state index contributed by atoms with van der Waals surface area (Å²) in [5, 5.41) is 8.83. The number of hydrogen-bond acceptors (Lipinski definition) is 2. The van der Waals surface area contributed by atoms with Crippen molar-refractivity contribution in [2.24, 2.45) is 5.41 Å². The van der Waals surface area contributed by atoms with Gasteiger partial charge in [0.15, 0.2) is 0 Å². The quantitative estimate of drug-likeness (QED) is 0.889. The highest BCUT2D eigenvalue weighted by Gasteiger charge is 2.23. The molecule has 0 aliphatic carbocycles. The minimum absolute atomic E-state index is 0.265. The first kappa shape index (κ1) is 13.8. The van der Waals surface area contributed by atoms with E-state index < -0.39 is 11.8 Å². The fourth-order valence-electron chi connectivity index (χ4n) is 2.56. The molecule has 0 bridgehead atoms. The number of aromatic carboxylic acids is 1. The number of carbonyl (C=O) groups is 1. The second kappa shape index (κ2) is 5.19. The molecule has 0 amide bonds. The van der Waals surface area contributed by atoms with Crippen molar-refractivity contribution < 1.29 is 14.3 Å². The summed E-state index contributed by atoms with van der Waals surface area (Å²) in [5.74, 6) is -1.88. The molecule has 19 heavy (non-hydrogen) atoms. The van der Waals surface area contributed by atoms with Crippen molar-refractivity contribution in [1.82, 2.24) is 0 Å². The van der Waals surface area contributed by atoms with Gasteiger partial charge >= 0.3 is 5.97 Å². The summed E-state index contributed by atoms with van der Waals surface area (Å²) in [7, 11) is 0. The molecule has 0 saturated carbocycles. The summed E-state index contributed by atoms with van der Waals surface area (Å²) in [4.78, 5) is 12.9. The smallest absolute Gasteiger partial charge is 0.338 e. The van der Waals surface area contributed by atoms with E-state index in [1.165, 1.54) is 18.6 Å². The van der Waals surface area contributed by atoms with Crippen LogP contribution >= 0.6 is 0 Å². The van der Waals surface area contributed by atoms with Gasteiger partial charge in [0, 0.05) is 18.8 Å². The first-order valence-corrected chi connectivity index (χ1v) is 6.67. The average molecular weight is 265 g/mol. The van der Waals surface area contributed by atoms with Crippen LogP contribution < -0.4 is 4.90 Å². The molecular weight excluding hydrogens is 245 g/mol. The molecule has 1 N–H and O–H groups in total. The van der Waals surface area contributed by atoms with E-state index in [2.05, 4.69) is 18.7 Å². The van der Waals surface area contributed by atoms with Gasteiger partial charge in [-0.3, -0.25) is 0 Å². The number of hydrogen-bond donors (Lipinski definition) is 1. The lowest BCUT2D eigenvalue weighted by atomic mass is 9.85. The van der Waals surface area contributed by atoms with Crippen molar-refractivity contribution in [2.75, 3.05) is 18.0 Å². The van der Waals surface area contributed by atoms with Crippen molar-refractivity contribution >= 4 is 11.7 Å². The second-order valence-corrected chi connectivity index (χ2v) is 5.97. The standard InChI is InChI=1S/C15H20FNO2/c1-15(2)6-3-8-17(9-7-15)11-4-5-12(14(18)19)13(16)10-11/h4-5,10H,3,6-9H2,1-2H3,(H,18,19). The first-order chi connectivity index (χ1) is 8.89. The maximum atomic E-state index is 13.7. The van der Waals surface area contributed by atoms with Crippen LogP contribution in [0.1, 0.15) is 43.5 Å². The van der Waals surface area contributed by atoms with Gasteiger partial charge in [-0.1, -0.05) is 13.8 Å². The Morgan fingerprint density at radius 2 is 2.05 bits per heavy atom. The number of carboxylic acid groups (broad SMARTS) is 1. The third-order valence-corrected chi connectivity index (χ3v) is 3.89. The molecule has 0 aromatic heterocycles. The van der Waals surface area contributed by atoms with E-state index in [1.807, 2.05) is 0 Å². The number of anilines is 1. The van der Waals surface area contributed by atoms with Crippen LogP contribution in [0.15, 0.2) is 18.2 Å². The number of benzene rings is 1. The molecule has 0 unspecified atom stereocenters. The van der Waals surface area contributed by atoms with Crippen LogP contribution in [0.25, 0.3) is 0 Å². The van der Waals surface area contributed by atoms with Gasteiger partial charge in [0.1, 0.15) is 5.82 Å². The van der Waals surface area contributed by atoms with Gasteiger partial charge in [-0.25, -0.2) is 9.18 Å². The molecule has 1 aliphatic rings. The highest BCUT2D eigenvalue weighted by molar-refractivity contribution is 5.88. The maximum Gasteiger partial charge on any atom is 0.338 e. The van der Waals surface area contributed by atoms with Crippen molar-refractivity contribution in [3.05, 3.63) is 29.6 Å². The Morgan fingerprint density at radius 3 is 2.68 bits per heavy atom. The molecule has 2 rings (SSSR count). The molecule has 1 aliphatic heterocycles. The SMILES string of the molecule is CC1(C)CCCN(c2ccc(C(=O)O)c(F)c2)CC1. The molecule has 0 radical (unpaired) electrons. The van der Waals surface area contributed by atoms with Gasteiger partial charge in [-0.2, -0.15) is 0 Å². The molecule has 1 aromatic carbocycles. The molecular formula is C15H20FNO2. The molecule has 3 nitrogen and oxygen atoms in total. The normalized spacial score (nSPS) is 19.0. The van der Waals surface area contributed by atoms with Crippen LogP contribution in [-0.4, -0.2) is 24.2 Å². The number of carboxylic acids is 1. The van der Waals surface area contributed by atoms with Crippen LogP contribution in [0.3, 0.4) is 0 Å². The number of nitrogens with zero attached hydrogens (tertiary/aromatic N) is 1. The van der Waals surface area contributed by atoms with Gasteiger partial charge in [0.2, 0.25) is 0 Å². The summed E-state index contributed by atoms with van der Waals surface area (Å²) in [5.41, 5.74) is 0.841. The monoisotopic (exact) mass is 265 g/mol. The Balaban J connectivity index is 2.18. The summed E-state index contributed by atoms with van der Waals surface area (Å²) in [6, 6.07) is 4.38. The highest BCUT2D eigenvalue weighted by atomic mass is 19.1. The number of rotatable bonds is 2. The summed E-state index contributed by atoms with van der Waals surface area (Å²) in [6.07, 6.45) is 3.31. The lowest BCUT2D eigenvalue weighted by molar-refractivity contribution is 0.0692. The molecule has 1 aromatic rings. The Bertz CT molecular complexity index is 485. The molecule has 1 saturated heterocycles. The van der Waals surface area contributed by atoms with E-state index in [1.54, 1.807) is 6.07 Å². The lowest BCUT2D eigenvalue weighted by Crippen LogP contribution is -2.25. The van der Waals surface area contributed by atoms with Crippen LogP contribution in [0.4, 0.5) is 10.1 Å². The van der Waals surface area contributed by atoms with E-state index in [0.717, 1.165) is 31.6 Å². The zero-order chi connectivity index (χ0) is 14.0. The van der Waals surface area contributed by atoms with Crippen LogP contribution in [0.2, 0.25) is 0 Å². The summed E-state index contributed by atoms with van der Waals surface area (Å²) in [6.45, 7) is 6.30. The summed E-state index contributed by atoms with van der Waals surface area (Å²) < 4.78 is 13.7. The predicted octanol–water partition coefficient (Wildman–Crippen LogP) is 3.54. The fourth-order valence-corrected chi connectivity index (χ4v) is 2.56. The molecule has 1 heterocycles. The summed E-state index contributed by atoms with van der Waals surface area (Å²) >= 11 is 0. The van der Waals surface area contributed by atoms with Crippen LogP contribution in [-0.2, 0) is 0 Å². The van der Waals surface area contributed by atoms with Crippen molar-refractivity contribution in [1.29, 1.82) is 0 Å². The zero-order valence-corrected chi connectivity index (χ0v) is 11.4. The Morgan fingerprint density at radius 1 is 1.32 bits per heavy atom. The van der Waals surface area contributed by atoms with Crippen molar-refractivity contribution in [3.63, 3.8) is 0 Å². The van der Waals surface area contributed by atoms with Gasteiger partial charge in [0.25, 0.3) is 0 Å². The molecule has 104 valence electrons. The molecule has 0 spiro atoms. The van der Waals surface area contributed by atoms with Crippen LogP contribution in [0.5, 0.6) is 0 Å². The largest absolute Gasteiger partial charge is 0.478 e. The van der Waals surface area contributed by atoms with Crippen molar-refractivity contribution in [3.8, 4) is 0 Å². The van der Waals surface area contributed by atoms with Gasteiger partial charge in [-0.15, -0.1) is 0 Å². The maximum absolute atomic E-state index is 13.7. The minimum Gasteiger partial charge on any atom is -0.478 e. The fraction of sp³-hybridized carbons (Fsp3) is 0.533. The first-order valence-electron chi connectivity index (χ1n) is 6.67. The Kier molecular flexibility index (Phi) is 3.78. The Hall–Kier alpha value is -1.58. The topological polar surface area (TPSA) is 40.5 Å². The molecule has 4 heteroatoms. The van der Waals surface area contributed by atoms with Gasteiger partial charge in [-0.05, 0) is 42.9 Å². The molecule has 0 atom stereocenters. The lowest BCUT2D eigenvalue weighted by Gasteiger charge is -2.25. The highest BCUT2D eigenvalue weighted by Crippen LogP contribution is 2.32. The average Bonchev–Trinajstić information content (AvgIpc) is 2.49. The Labute approximate surface area is 113 Å². The van der Waals surface area contributed by atoms with Gasteiger partial charge < -0.3 is 10.0 Å². The van der Waals surface area contributed by atoms with E-state index in [4.69, 9.17) is 5.11 Å².